The van der Waals surface area contributed by atoms with Crippen molar-refractivity contribution in [3.05, 3.63) is 21.9 Å². The van der Waals surface area contributed by atoms with Gasteiger partial charge < -0.3 is 4.90 Å². The topological polar surface area (TPSA) is 65.5 Å². The van der Waals surface area contributed by atoms with Crippen molar-refractivity contribution in [2.45, 2.75) is 4.90 Å². The van der Waals surface area contributed by atoms with Crippen LogP contribution in [-0.4, -0.2) is 69.5 Å². The van der Waals surface area contributed by atoms with Crippen molar-refractivity contribution in [2.24, 2.45) is 0 Å². The largest absolute Gasteiger partial charge is 0.304 e. The van der Waals surface area contributed by atoms with Crippen molar-refractivity contribution in [3.8, 4) is 0 Å². The van der Waals surface area contributed by atoms with Crippen LogP contribution in [0.25, 0.3) is 0 Å². The standard InChI is InChI=1S/C12H18BrClN4O2S/c1-17-4-6-18(7-5-17)3-2-16-21(19,20)11-8-10(13)9-15-12(11)14/h8-9,16H,2-7H2,1H3. The zero-order chi connectivity index (χ0) is 15.5. The molecule has 0 aromatic carbocycles. The van der Waals surface area contributed by atoms with Gasteiger partial charge in [-0.05, 0) is 29.0 Å². The van der Waals surface area contributed by atoms with Crippen molar-refractivity contribution >= 4 is 37.6 Å². The van der Waals surface area contributed by atoms with Gasteiger partial charge in [-0.2, -0.15) is 0 Å². The van der Waals surface area contributed by atoms with Crippen LogP contribution >= 0.6 is 27.5 Å². The Balaban J connectivity index is 1.91. The summed E-state index contributed by atoms with van der Waals surface area (Å²) < 4.78 is 27.6. The van der Waals surface area contributed by atoms with Crippen LogP contribution in [0.5, 0.6) is 0 Å². The van der Waals surface area contributed by atoms with Gasteiger partial charge in [0.05, 0.1) is 0 Å². The van der Waals surface area contributed by atoms with Crippen molar-refractivity contribution in [3.63, 3.8) is 0 Å². The second kappa shape index (κ2) is 7.34. The highest BCUT2D eigenvalue weighted by Gasteiger charge is 2.20. The second-order valence-corrected chi connectivity index (χ2v) is 7.99. The van der Waals surface area contributed by atoms with Gasteiger partial charge in [0.1, 0.15) is 10.0 Å². The van der Waals surface area contributed by atoms with E-state index in [0.717, 1.165) is 26.2 Å². The minimum Gasteiger partial charge on any atom is -0.304 e. The van der Waals surface area contributed by atoms with E-state index < -0.39 is 10.0 Å². The zero-order valence-corrected chi connectivity index (χ0v) is 14.9. The fourth-order valence-electron chi connectivity index (χ4n) is 2.08. The minimum atomic E-state index is -3.64. The van der Waals surface area contributed by atoms with E-state index in [-0.39, 0.29) is 10.0 Å². The van der Waals surface area contributed by atoms with Crippen LogP contribution in [-0.2, 0) is 10.0 Å². The van der Waals surface area contributed by atoms with Crippen LogP contribution in [0.2, 0.25) is 5.15 Å². The summed E-state index contributed by atoms with van der Waals surface area (Å²) in [5, 5.41) is -0.0229. The van der Waals surface area contributed by atoms with Gasteiger partial charge in [0.25, 0.3) is 0 Å². The Morgan fingerprint density at radius 1 is 1.38 bits per heavy atom. The number of halogens is 2. The lowest BCUT2D eigenvalue weighted by Gasteiger charge is -2.32. The predicted molar refractivity (Wildman–Crippen MR) is 86.1 cm³/mol. The molecule has 0 atom stereocenters. The van der Waals surface area contributed by atoms with Gasteiger partial charge in [-0.3, -0.25) is 4.90 Å². The summed E-state index contributed by atoms with van der Waals surface area (Å²) in [6, 6.07) is 1.45. The van der Waals surface area contributed by atoms with Crippen LogP contribution in [0.3, 0.4) is 0 Å². The van der Waals surface area contributed by atoms with E-state index in [4.69, 9.17) is 11.6 Å². The Kier molecular flexibility index (Phi) is 5.98. The van der Waals surface area contributed by atoms with Crippen molar-refractivity contribution in [2.75, 3.05) is 46.3 Å². The van der Waals surface area contributed by atoms with Gasteiger partial charge in [-0.1, -0.05) is 11.6 Å². The lowest BCUT2D eigenvalue weighted by atomic mass is 10.3. The number of hydrogen-bond donors (Lipinski definition) is 1. The molecule has 1 fully saturated rings. The van der Waals surface area contributed by atoms with E-state index >= 15 is 0 Å². The Hall–Kier alpha value is -0.250. The molecule has 1 aromatic rings. The molecule has 9 heteroatoms. The average molecular weight is 398 g/mol. The van der Waals surface area contributed by atoms with Crippen molar-refractivity contribution in [1.82, 2.24) is 19.5 Å². The van der Waals surface area contributed by atoms with Gasteiger partial charge in [-0.15, -0.1) is 0 Å². The number of nitrogens with one attached hydrogen (secondary N) is 1. The zero-order valence-electron chi connectivity index (χ0n) is 11.7. The third kappa shape index (κ3) is 4.87. The second-order valence-electron chi connectivity index (χ2n) is 4.99. The number of hydrogen-bond acceptors (Lipinski definition) is 5. The smallest absolute Gasteiger partial charge is 0.243 e. The summed E-state index contributed by atoms with van der Waals surface area (Å²) in [5.41, 5.74) is 0. The van der Waals surface area contributed by atoms with Gasteiger partial charge in [0.15, 0.2) is 0 Å². The molecule has 1 saturated heterocycles. The number of likely N-dealkylation sites (N-methyl/N-ethyl adjacent to an activating group) is 1. The Labute approximate surface area is 138 Å². The maximum atomic E-state index is 12.2. The molecule has 0 spiro atoms. The molecule has 1 aliphatic rings. The average Bonchev–Trinajstić information content (AvgIpc) is 2.43. The fraction of sp³-hybridized carbons (Fsp3) is 0.583. The molecule has 0 radical (unpaired) electrons. The molecule has 0 aliphatic carbocycles. The van der Waals surface area contributed by atoms with Crippen molar-refractivity contribution in [1.29, 1.82) is 0 Å². The van der Waals surface area contributed by atoms with E-state index in [1.165, 1.54) is 12.3 Å². The number of rotatable bonds is 5. The molecule has 0 unspecified atom stereocenters. The van der Waals surface area contributed by atoms with Crippen molar-refractivity contribution < 1.29 is 8.42 Å². The predicted octanol–water partition coefficient (Wildman–Crippen LogP) is 1.02. The molecule has 0 bridgehead atoms. The molecule has 1 N–H and O–H groups in total. The van der Waals surface area contributed by atoms with Crippen LogP contribution in [0.15, 0.2) is 21.6 Å². The lowest BCUT2D eigenvalue weighted by molar-refractivity contribution is 0.156. The summed E-state index contributed by atoms with van der Waals surface area (Å²) in [4.78, 5) is 8.33. The summed E-state index contributed by atoms with van der Waals surface area (Å²) >= 11 is 9.06. The first-order valence-corrected chi connectivity index (χ1v) is 9.25. The third-order valence-electron chi connectivity index (χ3n) is 3.38. The molecule has 0 amide bonds. The number of piperazine rings is 1. The molecule has 1 aliphatic heterocycles. The lowest BCUT2D eigenvalue weighted by Crippen LogP contribution is -2.46. The molecule has 1 aromatic heterocycles. The number of nitrogens with zero attached hydrogens (tertiary/aromatic N) is 3. The molecule has 6 nitrogen and oxygen atoms in total. The highest BCUT2D eigenvalue weighted by molar-refractivity contribution is 9.10. The minimum absolute atomic E-state index is 0.00285. The molecule has 2 heterocycles. The normalized spacial score (nSPS) is 18.0. The van der Waals surface area contributed by atoms with Crippen LogP contribution in [0, 0.1) is 0 Å². The van der Waals surface area contributed by atoms with Crippen LogP contribution in [0.4, 0.5) is 0 Å². The highest BCUT2D eigenvalue weighted by atomic mass is 79.9. The third-order valence-corrected chi connectivity index (χ3v) is 5.70. The molecule has 2 rings (SSSR count). The first-order valence-electron chi connectivity index (χ1n) is 6.60. The van der Waals surface area contributed by atoms with E-state index in [1.54, 1.807) is 0 Å². The molecule has 118 valence electrons. The first-order chi connectivity index (χ1) is 9.88. The first kappa shape index (κ1) is 17.1. The van der Waals surface area contributed by atoms with Gasteiger partial charge >= 0.3 is 0 Å². The maximum Gasteiger partial charge on any atom is 0.243 e. The van der Waals surface area contributed by atoms with Gasteiger partial charge in [0, 0.05) is 49.9 Å². The summed E-state index contributed by atoms with van der Waals surface area (Å²) in [5.74, 6) is 0. The fourth-order valence-corrected chi connectivity index (χ4v) is 4.04. The summed E-state index contributed by atoms with van der Waals surface area (Å²) in [6.07, 6.45) is 1.46. The van der Waals surface area contributed by atoms with Gasteiger partial charge in [0.2, 0.25) is 10.0 Å². The quantitative estimate of drug-likeness (QED) is 0.752. The summed E-state index contributed by atoms with van der Waals surface area (Å²) in [7, 11) is -1.55. The Morgan fingerprint density at radius 3 is 2.71 bits per heavy atom. The number of aromatic nitrogens is 1. The van der Waals surface area contributed by atoms with Crippen LogP contribution in [0.1, 0.15) is 0 Å². The van der Waals surface area contributed by atoms with E-state index in [9.17, 15) is 8.42 Å². The Bertz CT molecular complexity index is 591. The van der Waals surface area contributed by atoms with E-state index in [0.29, 0.717) is 17.6 Å². The highest BCUT2D eigenvalue weighted by Crippen LogP contribution is 2.22. The molecule has 0 saturated carbocycles. The molecular formula is C12H18BrClN4O2S. The molecular weight excluding hydrogens is 380 g/mol. The van der Waals surface area contributed by atoms with Crippen LogP contribution < -0.4 is 4.72 Å². The molecule has 21 heavy (non-hydrogen) atoms. The SMILES string of the molecule is CN1CCN(CCNS(=O)(=O)c2cc(Br)cnc2Cl)CC1. The summed E-state index contributed by atoms with van der Waals surface area (Å²) in [6.45, 7) is 4.97. The maximum absolute atomic E-state index is 12.2. The Morgan fingerprint density at radius 2 is 2.05 bits per heavy atom. The monoisotopic (exact) mass is 396 g/mol. The van der Waals surface area contributed by atoms with E-state index in [2.05, 4.69) is 42.5 Å². The van der Waals surface area contributed by atoms with E-state index in [1.807, 2.05) is 0 Å². The van der Waals surface area contributed by atoms with Gasteiger partial charge in [-0.25, -0.2) is 18.1 Å². The number of pyridine rings is 1. The number of sulfonamides is 1.